The summed E-state index contributed by atoms with van der Waals surface area (Å²) in [6.45, 7) is 3.87. The smallest absolute Gasteiger partial charge is 0.168 e. The van der Waals surface area contributed by atoms with Crippen molar-refractivity contribution in [1.82, 2.24) is 29.3 Å². The van der Waals surface area contributed by atoms with E-state index in [1.165, 1.54) is 22.9 Å². The van der Waals surface area contributed by atoms with Gasteiger partial charge in [-0.25, -0.2) is 24.0 Å². The van der Waals surface area contributed by atoms with Crippen LogP contribution in [0.15, 0.2) is 43.0 Å². The molecule has 1 atom stereocenters. The van der Waals surface area contributed by atoms with Crippen LogP contribution in [0, 0.1) is 18.7 Å². The van der Waals surface area contributed by atoms with E-state index in [-0.39, 0.29) is 5.82 Å². The largest absolute Gasteiger partial charge is 0.359 e. The zero-order chi connectivity index (χ0) is 20.0. The van der Waals surface area contributed by atoms with Crippen LogP contribution in [0.4, 0.5) is 10.2 Å². The molecule has 0 fully saturated rings. The van der Waals surface area contributed by atoms with Gasteiger partial charge in [0, 0.05) is 32.8 Å². The summed E-state index contributed by atoms with van der Waals surface area (Å²) in [4.78, 5) is 15.6. The van der Waals surface area contributed by atoms with Crippen LogP contribution in [0.1, 0.15) is 17.9 Å². The van der Waals surface area contributed by atoms with E-state index in [1.807, 2.05) is 14.0 Å². The molecule has 0 N–H and O–H groups in total. The van der Waals surface area contributed by atoms with Crippen molar-refractivity contribution in [2.75, 3.05) is 18.5 Å². The van der Waals surface area contributed by atoms with E-state index < -0.39 is 0 Å². The fourth-order valence-electron chi connectivity index (χ4n) is 4.22. The van der Waals surface area contributed by atoms with Crippen LogP contribution in [-0.4, -0.2) is 42.9 Å². The van der Waals surface area contributed by atoms with E-state index >= 15 is 0 Å². The van der Waals surface area contributed by atoms with Crippen LogP contribution in [0.3, 0.4) is 0 Å². The molecule has 1 aromatic carbocycles. The molecule has 148 valence electrons. The molecule has 0 spiro atoms. The van der Waals surface area contributed by atoms with E-state index in [4.69, 9.17) is 0 Å². The third-order valence-corrected chi connectivity index (χ3v) is 5.53. The lowest BCUT2D eigenvalue weighted by Crippen LogP contribution is -2.32. The first kappa shape index (κ1) is 17.8. The molecule has 4 heterocycles. The Morgan fingerprint density at radius 2 is 2.10 bits per heavy atom. The lowest BCUT2D eigenvalue weighted by Gasteiger charge is -2.28. The van der Waals surface area contributed by atoms with Gasteiger partial charge in [0.05, 0.1) is 17.3 Å². The highest BCUT2D eigenvalue weighted by Crippen LogP contribution is 2.27. The lowest BCUT2D eigenvalue weighted by molar-refractivity contribution is 0.368. The molecule has 7 nitrogen and oxygen atoms in total. The highest BCUT2D eigenvalue weighted by atomic mass is 19.1. The highest BCUT2D eigenvalue weighted by Gasteiger charge is 2.23. The first-order chi connectivity index (χ1) is 14.1. The predicted octanol–water partition coefficient (Wildman–Crippen LogP) is 3.16. The maximum atomic E-state index is 14.2. The van der Waals surface area contributed by atoms with Gasteiger partial charge in [-0.05, 0) is 31.4 Å². The number of hydrogen-bond acceptors (Lipinski definition) is 5. The number of rotatable bonds is 4. The Morgan fingerprint density at radius 1 is 1.24 bits per heavy atom. The summed E-state index contributed by atoms with van der Waals surface area (Å²) in [5.74, 6) is 2.16. The Morgan fingerprint density at radius 3 is 2.97 bits per heavy atom. The van der Waals surface area contributed by atoms with Gasteiger partial charge in [-0.1, -0.05) is 12.1 Å². The summed E-state index contributed by atoms with van der Waals surface area (Å²) < 4.78 is 18.0. The molecule has 0 saturated heterocycles. The quantitative estimate of drug-likeness (QED) is 0.535. The molecular weight excluding hydrogens is 369 g/mol. The minimum atomic E-state index is -0.334. The zero-order valence-corrected chi connectivity index (χ0v) is 16.5. The van der Waals surface area contributed by atoms with Crippen LogP contribution in [-0.2, 0) is 13.0 Å². The van der Waals surface area contributed by atoms with Crippen LogP contribution in [0.25, 0.3) is 16.7 Å². The van der Waals surface area contributed by atoms with Gasteiger partial charge >= 0.3 is 0 Å². The Balaban J connectivity index is 1.43. The fraction of sp³-hybridized carbons (Fsp3) is 0.333. The summed E-state index contributed by atoms with van der Waals surface area (Å²) in [5, 5.41) is 5.20. The summed E-state index contributed by atoms with van der Waals surface area (Å²) in [6.07, 6.45) is 7.46. The van der Waals surface area contributed by atoms with Crippen LogP contribution >= 0.6 is 0 Å². The van der Waals surface area contributed by atoms with Crippen LogP contribution < -0.4 is 4.90 Å². The summed E-state index contributed by atoms with van der Waals surface area (Å²) in [7, 11) is 2.04. The normalized spacial score (nSPS) is 16.2. The lowest BCUT2D eigenvalue weighted by atomic mass is 9.99. The van der Waals surface area contributed by atoms with E-state index in [0.717, 1.165) is 42.8 Å². The molecule has 4 aromatic rings. The van der Waals surface area contributed by atoms with Crippen molar-refractivity contribution in [3.63, 3.8) is 0 Å². The molecule has 0 amide bonds. The average molecular weight is 391 g/mol. The Hall–Kier alpha value is -3.29. The second kappa shape index (κ2) is 6.95. The monoisotopic (exact) mass is 391 g/mol. The third-order valence-electron chi connectivity index (χ3n) is 5.53. The molecular formula is C21H22FN7. The minimum Gasteiger partial charge on any atom is -0.359 e. The second-order valence-electron chi connectivity index (χ2n) is 7.68. The number of imidazole rings is 1. The van der Waals surface area contributed by atoms with Crippen molar-refractivity contribution in [1.29, 1.82) is 0 Å². The SMILES string of the molecule is Cc1cn2c(n1)CCC(CN(C)c1ncnc3c1cnn3-c1ccccc1F)C2. The molecule has 8 heteroatoms. The zero-order valence-electron chi connectivity index (χ0n) is 16.5. The van der Waals surface area contributed by atoms with E-state index in [9.17, 15) is 4.39 Å². The Kier molecular flexibility index (Phi) is 4.26. The average Bonchev–Trinajstić information content (AvgIpc) is 3.30. The molecule has 29 heavy (non-hydrogen) atoms. The van der Waals surface area contributed by atoms with Crippen molar-refractivity contribution in [2.24, 2.45) is 5.92 Å². The van der Waals surface area contributed by atoms with Crippen molar-refractivity contribution < 1.29 is 4.39 Å². The molecule has 0 saturated carbocycles. The van der Waals surface area contributed by atoms with Crippen molar-refractivity contribution >= 4 is 16.9 Å². The van der Waals surface area contributed by atoms with E-state index in [0.29, 0.717) is 17.3 Å². The van der Waals surface area contributed by atoms with Gasteiger partial charge in [-0.3, -0.25) is 0 Å². The molecule has 1 aliphatic heterocycles. The second-order valence-corrected chi connectivity index (χ2v) is 7.68. The molecule has 1 unspecified atom stereocenters. The van der Waals surface area contributed by atoms with Gasteiger partial charge in [0.25, 0.3) is 0 Å². The van der Waals surface area contributed by atoms with E-state index in [2.05, 4.69) is 35.7 Å². The summed E-state index contributed by atoms with van der Waals surface area (Å²) in [5.41, 5.74) is 2.06. The van der Waals surface area contributed by atoms with Crippen LogP contribution in [0.2, 0.25) is 0 Å². The topological polar surface area (TPSA) is 64.7 Å². The summed E-state index contributed by atoms with van der Waals surface area (Å²) >= 11 is 0. The van der Waals surface area contributed by atoms with Gasteiger partial charge in [-0.15, -0.1) is 0 Å². The summed E-state index contributed by atoms with van der Waals surface area (Å²) in [6, 6.07) is 6.57. The minimum absolute atomic E-state index is 0.334. The van der Waals surface area contributed by atoms with Gasteiger partial charge in [0.2, 0.25) is 0 Å². The number of halogens is 1. The van der Waals surface area contributed by atoms with Gasteiger partial charge in [-0.2, -0.15) is 5.10 Å². The first-order valence-electron chi connectivity index (χ1n) is 9.77. The van der Waals surface area contributed by atoms with Crippen molar-refractivity contribution in [3.05, 3.63) is 60.3 Å². The molecule has 0 aliphatic carbocycles. The number of benzene rings is 1. The van der Waals surface area contributed by atoms with Gasteiger partial charge in [0.15, 0.2) is 5.65 Å². The number of aryl methyl sites for hydroxylation is 2. The molecule has 1 aliphatic rings. The van der Waals surface area contributed by atoms with Crippen molar-refractivity contribution in [2.45, 2.75) is 26.3 Å². The third kappa shape index (κ3) is 3.14. The van der Waals surface area contributed by atoms with Gasteiger partial charge in [0.1, 0.15) is 29.5 Å². The maximum Gasteiger partial charge on any atom is 0.168 e. The molecule has 5 rings (SSSR count). The van der Waals surface area contributed by atoms with Crippen molar-refractivity contribution in [3.8, 4) is 5.69 Å². The number of para-hydroxylation sites is 1. The fourth-order valence-corrected chi connectivity index (χ4v) is 4.22. The number of aromatic nitrogens is 6. The highest BCUT2D eigenvalue weighted by molar-refractivity contribution is 5.87. The number of anilines is 1. The Labute approximate surface area is 167 Å². The van der Waals surface area contributed by atoms with Gasteiger partial charge < -0.3 is 9.47 Å². The molecule has 0 bridgehead atoms. The number of fused-ring (bicyclic) bond motifs is 2. The van der Waals surface area contributed by atoms with E-state index in [1.54, 1.807) is 24.4 Å². The first-order valence-corrected chi connectivity index (χ1v) is 9.77. The number of hydrogen-bond donors (Lipinski definition) is 0. The molecule has 0 radical (unpaired) electrons. The maximum absolute atomic E-state index is 14.2. The number of nitrogens with zero attached hydrogens (tertiary/aromatic N) is 7. The Bertz CT molecular complexity index is 1180. The molecule has 3 aromatic heterocycles. The standard InChI is InChI=1S/C21H22FN7/c1-14-10-28-12-15(7-8-19(28)26-14)11-27(2)20-16-9-25-29(21(16)24-13-23-20)18-6-4-3-5-17(18)22/h3-6,9-10,13,15H,7-8,11-12H2,1-2H3. The van der Waals surface area contributed by atoms with Crippen LogP contribution in [0.5, 0.6) is 0 Å². The predicted molar refractivity (Wildman–Crippen MR) is 109 cm³/mol.